The normalized spacial score (nSPS) is 14.3. The van der Waals surface area contributed by atoms with Gasteiger partial charge in [-0.2, -0.15) is 0 Å². The number of thiazole rings is 1. The van der Waals surface area contributed by atoms with Gasteiger partial charge in [-0.05, 0) is 17.6 Å². The molecule has 1 aliphatic rings. The average Bonchev–Trinajstić information content (AvgIpc) is 3.24. The number of benzene rings is 1. The van der Waals surface area contributed by atoms with E-state index in [4.69, 9.17) is 0 Å². The van der Waals surface area contributed by atoms with Crippen LogP contribution in [-0.4, -0.2) is 23.2 Å². The van der Waals surface area contributed by atoms with Gasteiger partial charge >= 0.3 is 0 Å². The number of carbonyl (C=O) groups is 2. The van der Waals surface area contributed by atoms with E-state index >= 15 is 0 Å². The molecule has 0 spiro atoms. The zero-order valence-electron chi connectivity index (χ0n) is 15.2. The summed E-state index contributed by atoms with van der Waals surface area (Å²) in [5.41, 5.74) is 3.75. The molecule has 0 atom stereocenters. The molecule has 0 saturated heterocycles. The van der Waals surface area contributed by atoms with Crippen LogP contribution in [-0.2, 0) is 16.0 Å². The quantitative estimate of drug-likeness (QED) is 0.799. The minimum atomic E-state index is -0.0945. The van der Waals surface area contributed by atoms with Crippen LogP contribution in [0, 0.1) is 0 Å². The van der Waals surface area contributed by atoms with Crippen LogP contribution in [0.5, 0.6) is 0 Å². The molecule has 0 unspecified atom stereocenters. The van der Waals surface area contributed by atoms with Crippen molar-refractivity contribution in [3.63, 3.8) is 0 Å². The average molecular weight is 369 g/mol. The van der Waals surface area contributed by atoms with Gasteiger partial charge in [0.05, 0.1) is 17.1 Å². The van der Waals surface area contributed by atoms with Gasteiger partial charge in [0.2, 0.25) is 5.91 Å². The molecule has 3 rings (SSSR count). The highest BCUT2D eigenvalue weighted by Crippen LogP contribution is 2.33. The van der Waals surface area contributed by atoms with Crippen LogP contribution in [0.25, 0.3) is 5.57 Å². The van der Waals surface area contributed by atoms with Crippen molar-refractivity contribution in [1.82, 2.24) is 10.3 Å². The zero-order chi connectivity index (χ0) is 18.5. The van der Waals surface area contributed by atoms with Gasteiger partial charge in [-0.15, -0.1) is 11.3 Å². The van der Waals surface area contributed by atoms with Crippen LogP contribution >= 0.6 is 11.3 Å². The van der Waals surface area contributed by atoms with Gasteiger partial charge in [-0.3, -0.25) is 9.59 Å². The smallest absolute Gasteiger partial charge is 0.224 e. The Morgan fingerprint density at radius 2 is 2.00 bits per heavy atom. The second-order valence-electron chi connectivity index (χ2n) is 6.85. The monoisotopic (exact) mass is 368 g/mol. The molecular formula is C21H24N2O2S. The summed E-state index contributed by atoms with van der Waals surface area (Å²) in [7, 11) is 0. The molecule has 1 heterocycles. The van der Waals surface area contributed by atoms with Gasteiger partial charge in [-0.1, -0.05) is 44.2 Å². The highest BCUT2D eigenvalue weighted by molar-refractivity contribution is 7.09. The van der Waals surface area contributed by atoms with Crippen molar-refractivity contribution < 1.29 is 9.59 Å². The van der Waals surface area contributed by atoms with Crippen molar-refractivity contribution in [2.24, 2.45) is 0 Å². The maximum absolute atomic E-state index is 12.3. The topological polar surface area (TPSA) is 59.1 Å². The van der Waals surface area contributed by atoms with E-state index in [-0.39, 0.29) is 18.1 Å². The number of aromatic nitrogens is 1. The first kappa shape index (κ1) is 18.5. The number of hydrogen-bond acceptors (Lipinski definition) is 4. The van der Waals surface area contributed by atoms with E-state index in [1.165, 1.54) is 0 Å². The van der Waals surface area contributed by atoms with Crippen molar-refractivity contribution in [3.8, 4) is 0 Å². The van der Waals surface area contributed by atoms with Crippen molar-refractivity contribution in [2.75, 3.05) is 6.54 Å². The Morgan fingerprint density at radius 3 is 2.69 bits per heavy atom. The Balaban J connectivity index is 1.57. The maximum Gasteiger partial charge on any atom is 0.224 e. The summed E-state index contributed by atoms with van der Waals surface area (Å²) in [5.74, 6) is 0.433. The van der Waals surface area contributed by atoms with Crippen molar-refractivity contribution in [1.29, 1.82) is 0 Å². The van der Waals surface area contributed by atoms with Crippen LogP contribution < -0.4 is 5.32 Å². The van der Waals surface area contributed by atoms with E-state index in [0.29, 0.717) is 30.9 Å². The van der Waals surface area contributed by atoms with E-state index in [0.717, 1.165) is 28.3 Å². The van der Waals surface area contributed by atoms with Crippen LogP contribution in [0.3, 0.4) is 0 Å². The van der Waals surface area contributed by atoms with Crippen molar-refractivity contribution in [3.05, 3.63) is 57.6 Å². The Labute approximate surface area is 158 Å². The highest BCUT2D eigenvalue weighted by Gasteiger charge is 2.25. The van der Waals surface area contributed by atoms with Gasteiger partial charge in [0.1, 0.15) is 0 Å². The second kappa shape index (κ2) is 8.41. The minimum Gasteiger partial charge on any atom is -0.355 e. The van der Waals surface area contributed by atoms with Gasteiger partial charge < -0.3 is 5.32 Å². The summed E-state index contributed by atoms with van der Waals surface area (Å²) in [6.45, 7) is 4.80. The van der Waals surface area contributed by atoms with E-state index in [9.17, 15) is 9.59 Å². The molecule has 0 radical (unpaired) electrons. The SMILES string of the molecule is CC(C)c1nc(CCNC(=O)CC2=C(c3ccccc3)CCC2=O)cs1. The molecule has 4 nitrogen and oxygen atoms in total. The number of allylic oxidation sites excluding steroid dienone is 1. The molecule has 5 heteroatoms. The number of amides is 1. The largest absolute Gasteiger partial charge is 0.355 e. The Kier molecular flexibility index (Phi) is 5.99. The molecule has 1 aromatic carbocycles. The molecule has 0 bridgehead atoms. The molecule has 1 aromatic heterocycles. The summed E-state index contributed by atoms with van der Waals surface area (Å²) < 4.78 is 0. The summed E-state index contributed by atoms with van der Waals surface area (Å²) in [6, 6.07) is 9.88. The van der Waals surface area contributed by atoms with Crippen molar-refractivity contribution >= 4 is 28.6 Å². The van der Waals surface area contributed by atoms with Crippen LogP contribution in [0.15, 0.2) is 41.3 Å². The van der Waals surface area contributed by atoms with Crippen LogP contribution in [0.1, 0.15) is 55.3 Å². The Bertz CT molecular complexity index is 822. The number of ketones is 1. The predicted octanol–water partition coefficient (Wildman–Crippen LogP) is 4.13. The van der Waals surface area contributed by atoms with Crippen LogP contribution in [0.4, 0.5) is 0 Å². The molecule has 2 aromatic rings. The van der Waals surface area contributed by atoms with E-state index in [2.05, 4.69) is 29.5 Å². The summed E-state index contributed by atoms with van der Waals surface area (Å²) >= 11 is 1.66. The summed E-state index contributed by atoms with van der Waals surface area (Å²) in [5, 5.41) is 6.11. The summed E-state index contributed by atoms with van der Waals surface area (Å²) in [6.07, 6.45) is 2.11. The standard InChI is InChI=1S/C21H24N2O2S/c1-14(2)21-23-16(13-26-21)10-11-22-20(25)12-18-17(8-9-19(18)24)15-6-4-3-5-7-15/h3-7,13-14H,8-12H2,1-2H3,(H,22,25). The number of hydrogen-bond donors (Lipinski definition) is 1. The lowest BCUT2D eigenvalue weighted by Crippen LogP contribution is -2.26. The van der Waals surface area contributed by atoms with Gasteiger partial charge in [0.15, 0.2) is 5.78 Å². The zero-order valence-corrected chi connectivity index (χ0v) is 16.1. The molecule has 0 aliphatic heterocycles. The highest BCUT2D eigenvalue weighted by atomic mass is 32.1. The van der Waals surface area contributed by atoms with Gasteiger partial charge in [-0.25, -0.2) is 4.98 Å². The lowest BCUT2D eigenvalue weighted by molar-refractivity contribution is -0.122. The third kappa shape index (κ3) is 4.47. The van der Waals surface area contributed by atoms with Gasteiger partial charge in [0, 0.05) is 36.3 Å². The predicted molar refractivity (Wildman–Crippen MR) is 105 cm³/mol. The molecule has 0 fully saturated rings. The van der Waals surface area contributed by atoms with E-state index in [1.807, 2.05) is 30.3 Å². The number of rotatable bonds is 7. The van der Waals surface area contributed by atoms with E-state index < -0.39 is 0 Å². The number of Topliss-reactive ketones (excluding diaryl/α,β-unsaturated/α-hetero) is 1. The van der Waals surface area contributed by atoms with E-state index in [1.54, 1.807) is 11.3 Å². The first-order valence-corrected chi connectivity index (χ1v) is 9.94. The number of carbonyl (C=O) groups excluding carboxylic acids is 2. The minimum absolute atomic E-state index is 0.0945. The number of nitrogens with one attached hydrogen (secondary N) is 1. The molecule has 136 valence electrons. The fourth-order valence-electron chi connectivity index (χ4n) is 3.13. The van der Waals surface area contributed by atoms with Crippen molar-refractivity contribution in [2.45, 2.75) is 45.4 Å². The molecule has 1 amide bonds. The maximum atomic E-state index is 12.3. The third-order valence-electron chi connectivity index (χ3n) is 4.53. The fourth-order valence-corrected chi connectivity index (χ4v) is 4.00. The number of nitrogens with zero attached hydrogens (tertiary/aromatic N) is 1. The van der Waals surface area contributed by atoms with Crippen LogP contribution in [0.2, 0.25) is 0 Å². The molecule has 1 N–H and O–H groups in total. The lowest BCUT2D eigenvalue weighted by atomic mass is 10.00. The summed E-state index contributed by atoms with van der Waals surface area (Å²) in [4.78, 5) is 29.1. The fraction of sp³-hybridized carbons (Fsp3) is 0.381. The van der Waals surface area contributed by atoms with Gasteiger partial charge in [0.25, 0.3) is 0 Å². The first-order chi connectivity index (χ1) is 12.5. The Morgan fingerprint density at radius 1 is 1.23 bits per heavy atom. The lowest BCUT2D eigenvalue weighted by Gasteiger charge is -2.08. The molecule has 1 aliphatic carbocycles. The molecular weight excluding hydrogens is 344 g/mol. The second-order valence-corrected chi connectivity index (χ2v) is 7.74. The third-order valence-corrected chi connectivity index (χ3v) is 5.72. The molecule has 0 saturated carbocycles. The first-order valence-electron chi connectivity index (χ1n) is 9.06. The Hall–Kier alpha value is -2.27. The molecule has 26 heavy (non-hydrogen) atoms.